The smallest absolute Gasteiger partial charge is 0.142 e. The molecule has 2 heterocycles. The van der Waals surface area contributed by atoms with Crippen LogP contribution < -0.4 is 5.32 Å². The summed E-state index contributed by atoms with van der Waals surface area (Å²) >= 11 is 1.77. The fourth-order valence-electron chi connectivity index (χ4n) is 1.96. The molecular formula is C15H24N4S. The molecule has 0 aromatic carbocycles. The number of imidazole rings is 1. The van der Waals surface area contributed by atoms with Crippen LogP contribution >= 0.6 is 11.3 Å². The van der Waals surface area contributed by atoms with Crippen molar-refractivity contribution in [2.45, 2.75) is 52.6 Å². The Kier molecular flexibility index (Phi) is 4.30. The van der Waals surface area contributed by atoms with Crippen molar-refractivity contribution in [2.75, 3.05) is 0 Å². The Balaban J connectivity index is 2.31. The van der Waals surface area contributed by atoms with Gasteiger partial charge in [0.05, 0.1) is 23.9 Å². The van der Waals surface area contributed by atoms with Gasteiger partial charge in [0.2, 0.25) is 0 Å². The first-order chi connectivity index (χ1) is 9.28. The van der Waals surface area contributed by atoms with Crippen molar-refractivity contribution in [3.63, 3.8) is 0 Å². The van der Waals surface area contributed by atoms with Crippen LogP contribution in [0.1, 0.15) is 51.1 Å². The van der Waals surface area contributed by atoms with E-state index in [0.29, 0.717) is 5.92 Å². The quantitative estimate of drug-likeness (QED) is 0.937. The third-order valence-electron chi connectivity index (χ3n) is 3.09. The van der Waals surface area contributed by atoms with E-state index in [-0.39, 0.29) is 5.54 Å². The molecule has 0 saturated carbocycles. The van der Waals surface area contributed by atoms with Crippen LogP contribution in [0.3, 0.4) is 0 Å². The minimum Gasteiger partial charge on any atom is -0.332 e. The van der Waals surface area contributed by atoms with E-state index in [4.69, 9.17) is 4.98 Å². The maximum Gasteiger partial charge on any atom is 0.142 e. The zero-order valence-corrected chi connectivity index (χ0v) is 14.0. The number of aromatic nitrogens is 3. The normalized spacial score (nSPS) is 12.3. The summed E-state index contributed by atoms with van der Waals surface area (Å²) in [6, 6.07) is 0. The van der Waals surface area contributed by atoms with E-state index in [2.05, 4.69) is 44.9 Å². The van der Waals surface area contributed by atoms with Gasteiger partial charge >= 0.3 is 0 Å². The third kappa shape index (κ3) is 3.46. The van der Waals surface area contributed by atoms with E-state index < -0.39 is 0 Å². The Morgan fingerprint density at radius 2 is 2.05 bits per heavy atom. The Labute approximate surface area is 125 Å². The first-order valence-corrected chi connectivity index (χ1v) is 7.81. The summed E-state index contributed by atoms with van der Waals surface area (Å²) in [4.78, 5) is 10.3. The van der Waals surface area contributed by atoms with Gasteiger partial charge in [-0.3, -0.25) is 0 Å². The van der Waals surface area contributed by atoms with Gasteiger partial charge in [-0.15, -0.1) is 11.3 Å². The van der Waals surface area contributed by atoms with Crippen LogP contribution in [0.25, 0.3) is 10.7 Å². The van der Waals surface area contributed by atoms with Crippen LogP contribution in [0.15, 0.2) is 12.5 Å². The van der Waals surface area contributed by atoms with Crippen LogP contribution in [0.5, 0.6) is 0 Å². The highest BCUT2D eigenvalue weighted by Crippen LogP contribution is 2.31. The van der Waals surface area contributed by atoms with Crippen molar-refractivity contribution in [3.05, 3.63) is 23.1 Å². The molecule has 0 saturated heterocycles. The molecule has 5 heteroatoms. The van der Waals surface area contributed by atoms with Gasteiger partial charge in [-0.1, -0.05) is 13.8 Å². The molecule has 0 aliphatic heterocycles. The van der Waals surface area contributed by atoms with Crippen LogP contribution in [0.2, 0.25) is 0 Å². The summed E-state index contributed by atoms with van der Waals surface area (Å²) in [5.41, 5.74) is 2.40. The Morgan fingerprint density at radius 1 is 1.35 bits per heavy atom. The molecule has 2 aromatic heterocycles. The predicted molar refractivity (Wildman–Crippen MR) is 85.0 cm³/mol. The first kappa shape index (κ1) is 15.2. The fourth-order valence-corrected chi connectivity index (χ4v) is 3.17. The lowest BCUT2D eigenvalue weighted by molar-refractivity contribution is 0.425. The van der Waals surface area contributed by atoms with Gasteiger partial charge in [0.15, 0.2) is 0 Å². The van der Waals surface area contributed by atoms with Gasteiger partial charge in [-0.05, 0) is 26.7 Å². The SMILES string of the molecule is CC(C)c1nc(-c2cncn2C)sc1CNC(C)(C)C. The summed E-state index contributed by atoms with van der Waals surface area (Å²) in [5, 5.41) is 4.61. The highest BCUT2D eigenvalue weighted by atomic mass is 32.1. The third-order valence-corrected chi connectivity index (χ3v) is 4.18. The Hall–Kier alpha value is -1.20. The largest absolute Gasteiger partial charge is 0.332 e. The molecular weight excluding hydrogens is 268 g/mol. The molecule has 0 fully saturated rings. The summed E-state index contributed by atoms with van der Waals surface area (Å²) in [7, 11) is 2.01. The van der Waals surface area contributed by atoms with Crippen molar-refractivity contribution >= 4 is 11.3 Å². The molecule has 4 nitrogen and oxygen atoms in total. The molecule has 0 radical (unpaired) electrons. The van der Waals surface area contributed by atoms with E-state index in [1.54, 1.807) is 11.3 Å². The van der Waals surface area contributed by atoms with Crippen molar-refractivity contribution in [3.8, 4) is 10.7 Å². The zero-order chi connectivity index (χ0) is 14.9. The second-order valence-electron chi connectivity index (χ2n) is 6.48. The van der Waals surface area contributed by atoms with Crippen LogP contribution in [0.4, 0.5) is 0 Å². The van der Waals surface area contributed by atoms with Gasteiger partial charge in [0, 0.05) is 24.0 Å². The van der Waals surface area contributed by atoms with Gasteiger partial charge in [0.25, 0.3) is 0 Å². The molecule has 0 atom stereocenters. The molecule has 0 bridgehead atoms. The summed E-state index contributed by atoms with van der Waals surface area (Å²) in [6.07, 6.45) is 3.70. The molecule has 0 aliphatic rings. The predicted octanol–water partition coefficient (Wildman–Crippen LogP) is 3.56. The molecule has 0 spiro atoms. The average molecular weight is 292 g/mol. The monoisotopic (exact) mass is 292 g/mol. The number of hydrogen-bond donors (Lipinski definition) is 1. The van der Waals surface area contributed by atoms with Crippen LogP contribution in [-0.2, 0) is 13.6 Å². The maximum atomic E-state index is 4.83. The lowest BCUT2D eigenvalue weighted by Crippen LogP contribution is -2.35. The highest BCUT2D eigenvalue weighted by molar-refractivity contribution is 7.15. The van der Waals surface area contributed by atoms with E-state index >= 15 is 0 Å². The minimum absolute atomic E-state index is 0.116. The second kappa shape index (κ2) is 5.66. The zero-order valence-electron chi connectivity index (χ0n) is 13.2. The molecule has 1 N–H and O–H groups in total. The molecule has 0 unspecified atom stereocenters. The number of nitrogens with one attached hydrogen (secondary N) is 1. The van der Waals surface area contributed by atoms with Gasteiger partial charge in [-0.2, -0.15) is 0 Å². The van der Waals surface area contributed by atoms with Gasteiger partial charge in [-0.25, -0.2) is 9.97 Å². The van der Waals surface area contributed by atoms with E-state index in [0.717, 1.165) is 17.2 Å². The first-order valence-electron chi connectivity index (χ1n) is 6.99. The average Bonchev–Trinajstić information content (AvgIpc) is 2.91. The summed E-state index contributed by atoms with van der Waals surface area (Å²) in [6.45, 7) is 11.8. The topological polar surface area (TPSA) is 42.7 Å². The number of hydrogen-bond acceptors (Lipinski definition) is 4. The van der Waals surface area contributed by atoms with E-state index in [1.807, 2.05) is 24.1 Å². The Bertz CT molecular complexity index is 575. The minimum atomic E-state index is 0.116. The second-order valence-corrected chi connectivity index (χ2v) is 7.56. The summed E-state index contributed by atoms with van der Waals surface area (Å²) in [5.74, 6) is 0.435. The number of nitrogens with zero attached hydrogens (tertiary/aromatic N) is 3. The fraction of sp³-hybridized carbons (Fsp3) is 0.600. The lowest BCUT2D eigenvalue weighted by atomic mass is 10.1. The molecule has 0 amide bonds. The maximum absolute atomic E-state index is 4.83. The van der Waals surface area contributed by atoms with Crippen molar-refractivity contribution in [1.82, 2.24) is 19.9 Å². The van der Waals surface area contributed by atoms with E-state index in [1.165, 1.54) is 10.6 Å². The molecule has 20 heavy (non-hydrogen) atoms. The molecule has 2 aromatic rings. The highest BCUT2D eigenvalue weighted by Gasteiger charge is 2.18. The number of aryl methyl sites for hydroxylation is 1. The van der Waals surface area contributed by atoms with Crippen molar-refractivity contribution in [1.29, 1.82) is 0 Å². The molecule has 110 valence electrons. The van der Waals surface area contributed by atoms with Crippen molar-refractivity contribution < 1.29 is 0 Å². The number of rotatable bonds is 4. The van der Waals surface area contributed by atoms with Crippen LogP contribution in [0, 0.1) is 0 Å². The van der Waals surface area contributed by atoms with Gasteiger partial charge < -0.3 is 9.88 Å². The molecule has 0 aliphatic carbocycles. The van der Waals surface area contributed by atoms with E-state index in [9.17, 15) is 0 Å². The molecule has 2 rings (SSSR count). The van der Waals surface area contributed by atoms with Gasteiger partial charge in [0.1, 0.15) is 5.01 Å². The van der Waals surface area contributed by atoms with Crippen LogP contribution in [-0.4, -0.2) is 20.1 Å². The Morgan fingerprint density at radius 3 is 2.55 bits per heavy atom. The number of thiazole rings is 1. The summed E-state index contributed by atoms with van der Waals surface area (Å²) < 4.78 is 2.02. The van der Waals surface area contributed by atoms with Crippen molar-refractivity contribution in [2.24, 2.45) is 7.05 Å². The standard InChI is InChI=1S/C15H24N4S/c1-10(2)13-12(8-17-15(3,4)5)20-14(18-13)11-7-16-9-19(11)6/h7,9-10,17H,8H2,1-6H3. The lowest BCUT2D eigenvalue weighted by Gasteiger charge is -2.20.